The lowest BCUT2D eigenvalue weighted by Gasteiger charge is -2.16. The molecule has 0 N–H and O–H groups in total. The van der Waals surface area contributed by atoms with Gasteiger partial charge in [-0.2, -0.15) is 4.31 Å². The lowest BCUT2D eigenvalue weighted by molar-refractivity contribution is 0.475. The maximum atomic E-state index is 12.1. The van der Waals surface area contributed by atoms with Crippen LogP contribution < -0.4 is 0 Å². The van der Waals surface area contributed by atoms with E-state index in [2.05, 4.69) is 13.8 Å². The highest BCUT2D eigenvalue weighted by Crippen LogP contribution is 2.24. The third kappa shape index (κ3) is 1.92. The molecular formula is C11H15NO3S. The average molecular weight is 241 g/mol. The summed E-state index contributed by atoms with van der Waals surface area (Å²) in [6.07, 6.45) is 4.63. The van der Waals surface area contributed by atoms with Crippen LogP contribution >= 0.6 is 0 Å². The van der Waals surface area contributed by atoms with Gasteiger partial charge in [0.25, 0.3) is 0 Å². The first-order valence-electron chi connectivity index (χ1n) is 5.23. The molecular weight excluding hydrogens is 226 g/mol. The number of sulfonamides is 1. The van der Waals surface area contributed by atoms with Crippen molar-refractivity contribution in [1.29, 1.82) is 0 Å². The number of nitrogens with zero attached hydrogens (tertiary/aromatic N) is 1. The van der Waals surface area contributed by atoms with Crippen LogP contribution in [0.3, 0.4) is 0 Å². The summed E-state index contributed by atoms with van der Waals surface area (Å²) in [6.45, 7) is 5.09. The minimum Gasteiger partial charge on any atom is -0.471 e. The zero-order valence-electron chi connectivity index (χ0n) is 9.38. The minimum atomic E-state index is -3.37. The quantitative estimate of drug-likeness (QED) is 0.759. The molecule has 0 fully saturated rings. The fourth-order valence-corrected chi connectivity index (χ4v) is 2.99. The summed E-state index contributed by atoms with van der Waals surface area (Å²) in [6, 6.07) is 1.47. The van der Waals surface area contributed by atoms with Crippen molar-refractivity contribution in [3.63, 3.8) is 0 Å². The average Bonchev–Trinajstić information content (AvgIpc) is 2.90. The molecule has 16 heavy (non-hydrogen) atoms. The Balaban J connectivity index is 2.18. The van der Waals surface area contributed by atoms with Gasteiger partial charge in [0.2, 0.25) is 10.0 Å². The second-order valence-corrected chi connectivity index (χ2v) is 6.13. The third-order valence-corrected chi connectivity index (χ3v) is 4.58. The van der Waals surface area contributed by atoms with Crippen molar-refractivity contribution in [2.45, 2.75) is 18.7 Å². The van der Waals surface area contributed by atoms with Gasteiger partial charge < -0.3 is 4.42 Å². The molecule has 1 aliphatic heterocycles. The molecule has 0 saturated carbocycles. The Morgan fingerprint density at radius 3 is 2.69 bits per heavy atom. The number of rotatable bonds is 3. The number of hydrogen-bond donors (Lipinski definition) is 0. The van der Waals surface area contributed by atoms with Gasteiger partial charge >= 0.3 is 0 Å². The van der Waals surface area contributed by atoms with Gasteiger partial charge in [0.15, 0.2) is 0 Å². The molecule has 0 atom stereocenters. The van der Waals surface area contributed by atoms with Crippen molar-refractivity contribution in [2.24, 2.45) is 5.92 Å². The van der Waals surface area contributed by atoms with Crippen molar-refractivity contribution < 1.29 is 12.8 Å². The molecule has 88 valence electrons. The summed E-state index contributed by atoms with van der Waals surface area (Å²) in [4.78, 5) is 0.228. The van der Waals surface area contributed by atoms with Crippen molar-refractivity contribution in [3.8, 4) is 0 Å². The van der Waals surface area contributed by atoms with Gasteiger partial charge in [-0.3, -0.25) is 0 Å². The summed E-state index contributed by atoms with van der Waals surface area (Å²) in [5, 5.41) is 0. The van der Waals surface area contributed by atoms with Crippen molar-refractivity contribution >= 4 is 10.0 Å². The molecule has 0 saturated heterocycles. The van der Waals surface area contributed by atoms with Gasteiger partial charge in [0, 0.05) is 13.1 Å². The molecule has 1 aromatic rings. The molecule has 0 bridgehead atoms. The number of furan rings is 1. The van der Waals surface area contributed by atoms with Crippen LogP contribution in [-0.2, 0) is 10.0 Å². The zero-order valence-corrected chi connectivity index (χ0v) is 10.2. The van der Waals surface area contributed by atoms with Crippen LogP contribution in [0.5, 0.6) is 0 Å². The molecule has 0 amide bonds. The normalized spacial score (nSPS) is 18.1. The largest absolute Gasteiger partial charge is 0.471 e. The van der Waals surface area contributed by atoms with Crippen molar-refractivity contribution in [1.82, 2.24) is 4.31 Å². The highest BCUT2D eigenvalue weighted by atomic mass is 32.2. The first kappa shape index (κ1) is 11.4. The third-order valence-electron chi connectivity index (χ3n) is 2.79. The zero-order chi connectivity index (χ0) is 11.8. The lowest BCUT2D eigenvalue weighted by Crippen LogP contribution is -2.29. The Bertz CT molecular complexity index is 485. The smallest absolute Gasteiger partial charge is 0.246 e. The van der Waals surface area contributed by atoms with Gasteiger partial charge in [-0.25, -0.2) is 8.42 Å². The standard InChI is InChI=1S/C11H15NO3S/c1-9(2)10-3-5-12(7-10)16(13,14)11-4-6-15-8-11/h3-4,6,8-9H,5,7H2,1-2H3. The van der Waals surface area contributed by atoms with Gasteiger partial charge in [-0.05, 0) is 12.0 Å². The van der Waals surface area contributed by atoms with E-state index in [0.29, 0.717) is 19.0 Å². The summed E-state index contributed by atoms with van der Waals surface area (Å²) < 4.78 is 30.5. The van der Waals surface area contributed by atoms with E-state index in [-0.39, 0.29) is 4.90 Å². The molecule has 4 nitrogen and oxygen atoms in total. The first-order chi connectivity index (χ1) is 7.51. The Morgan fingerprint density at radius 1 is 1.44 bits per heavy atom. The van der Waals surface area contributed by atoms with Gasteiger partial charge in [-0.1, -0.05) is 25.5 Å². The monoisotopic (exact) mass is 241 g/mol. The summed E-state index contributed by atoms with van der Waals surface area (Å²) in [5.41, 5.74) is 1.17. The molecule has 1 aliphatic rings. The van der Waals surface area contributed by atoms with Gasteiger partial charge in [0.05, 0.1) is 6.26 Å². The van der Waals surface area contributed by atoms with Gasteiger partial charge in [-0.15, -0.1) is 0 Å². The van der Waals surface area contributed by atoms with E-state index in [0.717, 1.165) is 0 Å². The van der Waals surface area contributed by atoms with E-state index in [4.69, 9.17) is 4.42 Å². The van der Waals surface area contributed by atoms with Crippen LogP contribution in [0.1, 0.15) is 13.8 Å². The second-order valence-electron chi connectivity index (χ2n) is 4.19. The van der Waals surface area contributed by atoms with E-state index in [1.54, 1.807) is 0 Å². The molecule has 0 aromatic carbocycles. The second kappa shape index (κ2) is 4.07. The summed E-state index contributed by atoms with van der Waals surface area (Å²) >= 11 is 0. The summed E-state index contributed by atoms with van der Waals surface area (Å²) in [5.74, 6) is 0.393. The molecule has 5 heteroatoms. The molecule has 0 spiro atoms. The molecule has 0 aliphatic carbocycles. The lowest BCUT2D eigenvalue weighted by atomic mass is 10.1. The van der Waals surface area contributed by atoms with Gasteiger partial charge in [0.1, 0.15) is 11.2 Å². The predicted molar refractivity (Wildman–Crippen MR) is 60.4 cm³/mol. The first-order valence-corrected chi connectivity index (χ1v) is 6.67. The van der Waals surface area contributed by atoms with Crippen LogP contribution in [0, 0.1) is 5.92 Å². The van der Waals surface area contributed by atoms with Crippen molar-refractivity contribution in [3.05, 3.63) is 30.2 Å². The Labute approximate surface area is 95.6 Å². The Hall–Kier alpha value is -1.07. The van der Waals surface area contributed by atoms with E-state index < -0.39 is 10.0 Å². The Kier molecular flexibility index (Phi) is 2.90. The van der Waals surface area contributed by atoms with E-state index in [9.17, 15) is 8.42 Å². The van der Waals surface area contributed by atoms with Crippen LogP contribution in [0.4, 0.5) is 0 Å². The highest BCUT2D eigenvalue weighted by molar-refractivity contribution is 7.89. The van der Waals surface area contributed by atoms with E-state index in [1.807, 2.05) is 6.08 Å². The fraction of sp³-hybridized carbons (Fsp3) is 0.455. The van der Waals surface area contributed by atoms with Crippen LogP contribution in [0.25, 0.3) is 0 Å². The van der Waals surface area contributed by atoms with Crippen LogP contribution in [-0.4, -0.2) is 25.8 Å². The van der Waals surface area contributed by atoms with Crippen LogP contribution in [0.15, 0.2) is 39.6 Å². The maximum absolute atomic E-state index is 12.1. The van der Waals surface area contributed by atoms with Crippen molar-refractivity contribution in [2.75, 3.05) is 13.1 Å². The molecule has 1 aromatic heterocycles. The highest BCUT2D eigenvalue weighted by Gasteiger charge is 2.29. The predicted octanol–water partition coefficient (Wildman–Crippen LogP) is 1.87. The molecule has 0 unspecified atom stereocenters. The minimum absolute atomic E-state index is 0.228. The SMILES string of the molecule is CC(C)C1=CCN(S(=O)(=O)c2ccoc2)C1. The molecule has 2 heterocycles. The summed E-state index contributed by atoms with van der Waals surface area (Å²) in [7, 11) is -3.37. The number of hydrogen-bond acceptors (Lipinski definition) is 3. The molecule has 2 rings (SSSR count). The topological polar surface area (TPSA) is 50.5 Å². The van der Waals surface area contributed by atoms with Crippen LogP contribution in [0.2, 0.25) is 0 Å². The Morgan fingerprint density at radius 2 is 2.19 bits per heavy atom. The molecule has 0 radical (unpaired) electrons. The maximum Gasteiger partial charge on any atom is 0.246 e. The fourth-order valence-electron chi connectivity index (χ4n) is 1.70. The van der Waals surface area contributed by atoms with E-state index >= 15 is 0 Å². The van der Waals surface area contributed by atoms with E-state index in [1.165, 1.54) is 28.5 Å².